The highest BCUT2D eigenvalue weighted by molar-refractivity contribution is 5.80. The average Bonchev–Trinajstić information content (AvgIpc) is 2.94. The molecule has 0 radical (unpaired) electrons. The van der Waals surface area contributed by atoms with Crippen LogP contribution in [0.3, 0.4) is 0 Å². The number of hydrogen-bond acceptors (Lipinski definition) is 3. The summed E-state index contributed by atoms with van der Waals surface area (Å²) >= 11 is 0. The van der Waals surface area contributed by atoms with Gasteiger partial charge in [-0.25, -0.2) is 4.79 Å². The van der Waals surface area contributed by atoms with Crippen LogP contribution in [0.4, 0.5) is 0 Å². The Hall–Kier alpha value is -0.610. The van der Waals surface area contributed by atoms with E-state index in [9.17, 15) is 9.90 Å². The molecule has 0 amide bonds. The molecule has 2 aliphatic carbocycles. The number of nitrogens with zero attached hydrogens (tertiary/aromatic N) is 1. The van der Waals surface area contributed by atoms with Crippen molar-refractivity contribution in [1.82, 2.24) is 0 Å². The van der Waals surface area contributed by atoms with Crippen LogP contribution in [0.25, 0.3) is 0 Å². The highest BCUT2D eigenvalue weighted by atomic mass is 16.6. The summed E-state index contributed by atoms with van der Waals surface area (Å²) in [4.78, 5) is 13.2. The van der Waals surface area contributed by atoms with Crippen LogP contribution in [-0.4, -0.2) is 54.4 Å². The molecule has 1 N–H and O–H groups in total. The van der Waals surface area contributed by atoms with Gasteiger partial charge in [-0.3, -0.25) is 0 Å². The first kappa shape index (κ1) is 18.2. The number of ether oxygens (including phenoxy) is 1. The number of likely N-dealkylation sites (N-methyl/N-ethyl adjacent to an activating group) is 1. The summed E-state index contributed by atoms with van der Waals surface area (Å²) in [6, 6.07) is 0. The van der Waals surface area contributed by atoms with E-state index in [1.165, 1.54) is 12.8 Å². The van der Waals surface area contributed by atoms with Crippen molar-refractivity contribution >= 4 is 5.97 Å². The topological polar surface area (TPSA) is 46.5 Å². The summed E-state index contributed by atoms with van der Waals surface area (Å²) in [5.74, 6) is -0.0929. The minimum absolute atomic E-state index is 0.0220. The van der Waals surface area contributed by atoms with Crippen molar-refractivity contribution in [3.8, 4) is 0 Å². The van der Waals surface area contributed by atoms with Gasteiger partial charge in [-0.15, -0.1) is 0 Å². The molecule has 3 fully saturated rings. The fraction of sp³-hybridized carbons (Fsp3) is 0.950. The molecule has 0 aromatic heterocycles. The van der Waals surface area contributed by atoms with E-state index in [0.29, 0.717) is 0 Å². The van der Waals surface area contributed by atoms with Gasteiger partial charge < -0.3 is 14.3 Å². The van der Waals surface area contributed by atoms with Gasteiger partial charge in [0, 0.05) is 6.42 Å². The summed E-state index contributed by atoms with van der Waals surface area (Å²) in [5, 5.41) is 11.6. The molecule has 0 aromatic rings. The predicted molar refractivity (Wildman–Crippen MR) is 94.4 cm³/mol. The first-order valence-electron chi connectivity index (χ1n) is 10.2. The Balaban J connectivity index is 1.74. The van der Waals surface area contributed by atoms with Crippen LogP contribution in [0.2, 0.25) is 0 Å². The van der Waals surface area contributed by atoms with Gasteiger partial charge in [-0.1, -0.05) is 38.5 Å². The van der Waals surface area contributed by atoms with Crippen molar-refractivity contribution in [1.29, 1.82) is 0 Å². The van der Waals surface area contributed by atoms with E-state index >= 15 is 0 Å². The smallest absolute Gasteiger partial charge is 0.339 e. The molecular weight excluding hydrogens is 302 g/mol. The highest BCUT2D eigenvalue weighted by Gasteiger charge is 2.52. The molecule has 0 aromatic carbocycles. The van der Waals surface area contributed by atoms with Gasteiger partial charge in [-0.2, -0.15) is 0 Å². The average molecular weight is 339 g/mol. The molecule has 4 heteroatoms. The van der Waals surface area contributed by atoms with E-state index in [1.807, 2.05) is 0 Å². The lowest BCUT2D eigenvalue weighted by Gasteiger charge is -2.43. The van der Waals surface area contributed by atoms with Gasteiger partial charge in [0.1, 0.15) is 6.54 Å². The highest BCUT2D eigenvalue weighted by Crippen LogP contribution is 2.44. The standard InChI is InChI=1S/C20H36NO3/c1-21(2)14-13-18(15-21)24-19(22)20(23,16-9-5-3-6-10-16)17-11-7-4-8-12-17/h16-18,23H,3-15H2,1-2H3/q+1. The summed E-state index contributed by atoms with van der Waals surface area (Å²) in [6.45, 7) is 1.92. The molecule has 0 spiro atoms. The fourth-order valence-electron chi connectivity index (χ4n) is 5.32. The van der Waals surface area contributed by atoms with Gasteiger partial charge in [-0.05, 0) is 37.5 Å². The maximum absolute atomic E-state index is 13.2. The van der Waals surface area contributed by atoms with Gasteiger partial charge >= 0.3 is 5.97 Å². The van der Waals surface area contributed by atoms with Gasteiger partial charge in [0.15, 0.2) is 11.7 Å². The molecule has 1 atom stereocenters. The minimum atomic E-state index is -1.24. The number of hydrogen-bond donors (Lipinski definition) is 1. The number of rotatable bonds is 4. The second-order valence-electron chi connectivity index (χ2n) is 9.15. The van der Waals surface area contributed by atoms with E-state index in [2.05, 4.69) is 14.1 Å². The number of carbonyl (C=O) groups is 1. The molecule has 1 aliphatic heterocycles. The Kier molecular flexibility index (Phi) is 5.55. The van der Waals surface area contributed by atoms with Crippen LogP contribution in [0.1, 0.15) is 70.6 Å². The van der Waals surface area contributed by atoms with Crippen LogP contribution >= 0.6 is 0 Å². The quantitative estimate of drug-likeness (QED) is 0.632. The maximum atomic E-state index is 13.2. The predicted octanol–water partition coefficient (Wildman–Crippen LogP) is 3.27. The lowest BCUT2D eigenvalue weighted by atomic mass is 9.66. The third-order valence-corrected chi connectivity index (χ3v) is 6.81. The lowest BCUT2D eigenvalue weighted by Crippen LogP contribution is -2.55. The zero-order valence-electron chi connectivity index (χ0n) is 15.6. The van der Waals surface area contributed by atoms with Crippen molar-refractivity contribution < 1.29 is 19.1 Å². The van der Waals surface area contributed by atoms with Crippen molar-refractivity contribution in [2.75, 3.05) is 27.2 Å². The first-order chi connectivity index (χ1) is 11.4. The van der Waals surface area contributed by atoms with E-state index < -0.39 is 5.60 Å². The normalized spacial score (nSPS) is 29.5. The molecule has 1 heterocycles. The molecule has 2 saturated carbocycles. The fourth-order valence-corrected chi connectivity index (χ4v) is 5.32. The Labute approximate surface area is 147 Å². The molecular formula is C20H36NO3+. The van der Waals surface area contributed by atoms with Crippen molar-refractivity contribution in [3.63, 3.8) is 0 Å². The largest absolute Gasteiger partial charge is 0.454 e. The van der Waals surface area contributed by atoms with Crippen LogP contribution < -0.4 is 0 Å². The molecule has 4 nitrogen and oxygen atoms in total. The molecule has 3 aliphatic rings. The molecule has 1 saturated heterocycles. The monoisotopic (exact) mass is 338 g/mol. The van der Waals surface area contributed by atoms with Gasteiger partial charge in [0.2, 0.25) is 0 Å². The summed E-state index contributed by atoms with van der Waals surface area (Å²) < 4.78 is 6.82. The van der Waals surface area contributed by atoms with E-state index in [-0.39, 0.29) is 23.9 Å². The number of aliphatic hydroxyl groups is 1. The second-order valence-corrected chi connectivity index (χ2v) is 9.15. The van der Waals surface area contributed by atoms with Crippen molar-refractivity contribution in [2.45, 2.75) is 82.3 Å². The first-order valence-corrected chi connectivity index (χ1v) is 10.2. The number of carbonyl (C=O) groups excluding carboxylic acids is 1. The third-order valence-electron chi connectivity index (χ3n) is 6.81. The minimum Gasteiger partial charge on any atom is -0.454 e. The summed E-state index contributed by atoms with van der Waals surface area (Å²) in [5.41, 5.74) is -1.24. The Morgan fingerprint density at radius 3 is 1.83 bits per heavy atom. The van der Waals surface area contributed by atoms with E-state index in [1.54, 1.807) is 0 Å². The van der Waals surface area contributed by atoms with Crippen LogP contribution in [0.15, 0.2) is 0 Å². The second kappa shape index (κ2) is 7.33. The van der Waals surface area contributed by atoms with Crippen molar-refractivity contribution in [3.05, 3.63) is 0 Å². The Morgan fingerprint density at radius 2 is 1.42 bits per heavy atom. The zero-order chi connectivity index (χ0) is 17.2. The van der Waals surface area contributed by atoms with Crippen LogP contribution in [0, 0.1) is 11.8 Å². The number of likely N-dealkylation sites (tertiary alicyclic amines) is 1. The van der Waals surface area contributed by atoms with Crippen LogP contribution in [-0.2, 0) is 9.53 Å². The Morgan fingerprint density at radius 1 is 0.917 bits per heavy atom. The van der Waals surface area contributed by atoms with Crippen molar-refractivity contribution in [2.24, 2.45) is 11.8 Å². The molecule has 0 bridgehead atoms. The van der Waals surface area contributed by atoms with Gasteiger partial charge in [0.05, 0.1) is 20.6 Å². The number of quaternary nitrogens is 1. The molecule has 138 valence electrons. The Bertz CT molecular complexity index is 418. The molecule has 1 unspecified atom stereocenters. The maximum Gasteiger partial charge on any atom is 0.339 e. The molecule has 3 rings (SSSR count). The lowest BCUT2D eigenvalue weighted by molar-refractivity contribution is -0.879. The SMILES string of the molecule is C[N+]1(C)CCC(OC(=O)C(O)(C2CCCCC2)C2CCCCC2)C1. The molecule has 24 heavy (non-hydrogen) atoms. The zero-order valence-corrected chi connectivity index (χ0v) is 15.6. The third kappa shape index (κ3) is 3.80. The number of esters is 1. The summed E-state index contributed by atoms with van der Waals surface area (Å²) in [7, 11) is 4.37. The summed E-state index contributed by atoms with van der Waals surface area (Å²) in [6.07, 6.45) is 11.9. The van der Waals surface area contributed by atoms with E-state index in [4.69, 9.17) is 4.74 Å². The van der Waals surface area contributed by atoms with E-state index in [0.717, 1.165) is 75.4 Å². The van der Waals surface area contributed by atoms with Gasteiger partial charge in [0.25, 0.3) is 0 Å². The van der Waals surface area contributed by atoms with Crippen LogP contribution in [0.5, 0.6) is 0 Å².